The lowest BCUT2D eigenvalue weighted by atomic mass is 9.76. The molecular weight excluding hydrogens is 616 g/mol. The summed E-state index contributed by atoms with van der Waals surface area (Å²) in [5, 5.41) is 24.1. The first-order valence-corrected chi connectivity index (χ1v) is 16.7. The summed E-state index contributed by atoms with van der Waals surface area (Å²) in [6.45, 7) is 8.80. The summed E-state index contributed by atoms with van der Waals surface area (Å²) in [7, 11) is 0. The molecule has 242 valence electrons. The molecule has 6 aromatic rings. The highest BCUT2D eigenvalue weighted by Crippen LogP contribution is 2.44. The molecule has 48 heavy (non-hydrogen) atoms. The van der Waals surface area contributed by atoms with Gasteiger partial charge in [0.15, 0.2) is 11.0 Å². The van der Waals surface area contributed by atoms with Gasteiger partial charge in [-0.05, 0) is 57.2 Å². The topological polar surface area (TPSA) is 81.7 Å². The highest BCUT2D eigenvalue weighted by molar-refractivity contribution is 6.30. The molecular formula is C40H39ClN6O. The van der Waals surface area contributed by atoms with Gasteiger partial charge in [0.25, 0.3) is 0 Å². The molecule has 2 heterocycles. The van der Waals surface area contributed by atoms with Crippen molar-refractivity contribution in [1.82, 2.24) is 29.8 Å². The fourth-order valence-electron chi connectivity index (χ4n) is 6.55. The Hall–Kier alpha value is -5.11. The normalized spacial score (nSPS) is 12.0. The Labute approximate surface area is 286 Å². The second-order valence-corrected chi connectivity index (χ2v) is 12.0. The summed E-state index contributed by atoms with van der Waals surface area (Å²) in [6.07, 6.45) is 6.83. The number of imidazole rings is 1. The minimum absolute atomic E-state index is 0.160. The first-order chi connectivity index (χ1) is 23.6. The van der Waals surface area contributed by atoms with Crippen LogP contribution in [0.15, 0.2) is 133 Å². The fraction of sp³-hybridized carbons (Fsp3) is 0.200. The van der Waals surface area contributed by atoms with Crippen molar-refractivity contribution in [3.8, 4) is 22.5 Å². The van der Waals surface area contributed by atoms with Crippen LogP contribution in [-0.4, -0.2) is 34.9 Å². The molecule has 2 aromatic heterocycles. The van der Waals surface area contributed by atoms with Crippen LogP contribution in [0.1, 0.15) is 54.9 Å². The lowest BCUT2D eigenvalue weighted by molar-refractivity contribution is 0.271. The van der Waals surface area contributed by atoms with Crippen molar-refractivity contribution in [1.29, 1.82) is 0 Å². The lowest BCUT2D eigenvalue weighted by Gasteiger charge is -2.37. The van der Waals surface area contributed by atoms with Crippen molar-refractivity contribution >= 4 is 11.6 Å². The number of rotatable bonds is 13. The van der Waals surface area contributed by atoms with E-state index in [1.54, 1.807) is 0 Å². The lowest BCUT2D eigenvalue weighted by Crippen LogP contribution is -2.39. The summed E-state index contributed by atoms with van der Waals surface area (Å²) in [5.74, 6) is 1.53. The summed E-state index contributed by atoms with van der Waals surface area (Å²) in [6, 6.07) is 37.3. The third-order valence-corrected chi connectivity index (χ3v) is 9.20. The van der Waals surface area contributed by atoms with Gasteiger partial charge in [-0.2, -0.15) is 0 Å². The van der Waals surface area contributed by atoms with Gasteiger partial charge in [-0.3, -0.25) is 0 Å². The first-order valence-electron chi connectivity index (χ1n) is 16.3. The van der Waals surface area contributed by atoms with Crippen LogP contribution in [0.25, 0.3) is 22.5 Å². The maximum Gasteiger partial charge on any atom is 0.184 e. The highest BCUT2D eigenvalue weighted by atomic mass is 35.5. The Morgan fingerprint density at radius 1 is 0.875 bits per heavy atom. The van der Waals surface area contributed by atoms with E-state index < -0.39 is 5.54 Å². The summed E-state index contributed by atoms with van der Waals surface area (Å²) in [4.78, 5) is 4.55. The summed E-state index contributed by atoms with van der Waals surface area (Å²) >= 11 is 6.41. The number of aliphatic hydroxyl groups excluding tert-OH is 1. The molecule has 0 amide bonds. The number of aromatic nitrogens is 6. The molecule has 7 nitrogen and oxygen atoms in total. The number of unbranched alkanes of at least 4 members (excludes halogenated alkanes) is 1. The number of nitrogens with zero attached hydrogens (tertiary/aromatic N) is 6. The van der Waals surface area contributed by atoms with E-state index in [2.05, 4.69) is 95.5 Å². The van der Waals surface area contributed by atoms with E-state index in [0.29, 0.717) is 23.2 Å². The fourth-order valence-corrected chi connectivity index (χ4v) is 6.81. The molecule has 6 rings (SSSR count). The van der Waals surface area contributed by atoms with E-state index >= 15 is 0 Å². The molecule has 0 bridgehead atoms. The Bertz CT molecular complexity index is 1970. The molecule has 0 spiro atoms. The van der Waals surface area contributed by atoms with Gasteiger partial charge < -0.3 is 9.67 Å². The van der Waals surface area contributed by atoms with Gasteiger partial charge in [-0.15, -0.1) is 5.10 Å². The number of aliphatic hydroxyl groups is 1. The Balaban J connectivity index is 1.46. The average Bonchev–Trinajstić information content (AvgIpc) is 3.74. The van der Waals surface area contributed by atoms with Crippen LogP contribution < -0.4 is 0 Å². The minimum atomic E-state index is -0.888. The van der Waals surface area contributed by atoms with Gasteiger partial charge >= 0.3 is 0 Å². The van der Waals surface area contributed by atoms with Crippen LogP contribution >= 0.6 is 11.6 Å². The Morgan fingerprint density at radius 3 is 2.08 bits per heavy atom. The van der Waals surface area contributed by atoms with Crippen molar-refractivity contribution in [2.45, 2.75) is 51.8 Å². The molecule has 0 fully saturated rings. The first kappa shape index (κ1) is 32.8. The van der Waals surface area contributed by atoms with Gasteiger partial charge in [0, 0.05) is 18.5 Å². The van der Waals surface area contributed by atoms with Gasteiger partial charge in [0.05, 0.1) is 12.3 Å². The Kier molecular flexibility index (Phi) is 10.1. The number of aryl methyl sites for hydroxylation is 1. The van der Waals surface area contributed by atoms with Gasteiger partial charge in [0.1, 0.15) is 11.4 Å². The number of hydrogen-bond acceptors (Lipinski definition) is 5. The van der Waals surface area contributed by atoms with Crippen molar-refractivity contribution < 1.29 is 5.11 Å². The van der Waals surface area contributed by atoms with Gasteiger partial charge in [-0.25, -0.2) is 9.67 Å². The van der Waals surface area contributed by atoms with Crippen LogP contribution in [0.4, 0.5) is 0 Å². The largest absolute Gasteiger partial charge is 0.390 e. The number of benzene rings is 4. The quantitative estimate of drug-likeness (QED) is 0.126. The monoisotopic (exact) mass is 654 g/mol. The molecule has 0 radical (unpaired) electrons. The third kappa shape index (κ3) is 6.03. The van der Waals surface area contributed by atoms with Crippen LogP contribution in [0.2, 0.25) is 5.15 Å². The highest BCUT2D eigenvalue weighted by Gasteiger charge is 2.42. The second kappa shape index (κ2) is 14.8. The number of hydrogen-bond donors (Lipinski definition) is 1. The van der Waals surface area contributed by atoms with Crippen LogP contribution in [0, 0.1) is 0 Å². The van der Waals surface area contributed by atoms with Crippen LogP contribution in [-0.2, 0) is 25.1 Å². The maximum atomic E-state index is 10.0. The molecule has 0 aliphatic carbocycles. The molecule has 0 aliphatic rings. The molecule has 8 heteroatoms. The van der Waals surface area contributed by atoms with Crippen molar-refractivity contribution in [3.05, 3.63) is 167 Å². The van der Waals surface area contributed by atoms with E-state index in [-0.39, 0.29) is 6.61 Å². The molecule has 0 unspecified atom stereocenters. The van der Waals surface area contributed by atoms with Gasteiger partial charge in [-0.1, -0.05) is 153 Å². The maximum absolute atomic E-state index is 10.0. The average molecular weight is 655 g/mol. The van der Waals surface area contributed by atoms with E-state index in [0.717, 1.165) is 64.0 Å². The third-order valence-electron chi connectivity index (χ3n) is 8.90. The molecule has 0 saturated carbocycles. The summed E-state index contributed by atoms with van der Waals surface area (Å²) < 4.78 is 3.97. The number of allylic oxidation sites excluding steroid dienone is 3. The molecule has 0 aliphatic heterocycles. The molecule has 0 saturated heterocycles. The number of tetrazole rings is 1. The number of halogens is 1. The minimum Gasteiger partial charge on any atom is -0.390 e. The van der Waals surface area contributed by atoms with Gasteiger partial charge in [0.2, 0.25) is 0 Å². The summed E-state index contributed by atoms with van der Waals surface area (Å²) in [5.41, 5.74) is 6.75. The van der Waals surface area contributed by atoms with Crippen molar-refractivity contribution in [2.24, 2.45) is 0 Å². The van der Waals surface area contributed by atoms with E-state index in [9.17, 15) is 5.11 Å². The zero-order chi connectivity index (χ0) is 33.5. The zero-order valence-electron chi connectivity index (χ0n) is 27.3. The molecule has 1 N–H and O–H groups in total. The van der Waals surface area contributed by atoms with Crippen LogP contribution in [0.5, 0.6) is 0 Å². The predicted molar refractivity (Wildman–Crippen MR) is 193 cm³/mol. The molecule has 4 aromatic carbocycles. The smallest absolute Gasteiger partial charge is 0.184 e. The van der Waals surface area contributed by atoms with Crippen molar-refractivity contribution in [2.75, 3.05) is 0 Å². The second-order valence-electron chi connectivity index (χ2n) is 11.7. The molecule has 0 atom stereocenters. The predicted octanol–water partition coefficient (Wildman–Crippen LogP) is 8.66. The van der Waals surface area contributed by atoms with E-state index in [1.807, 2.05) is 70.8 Å². The van der Waals surface area contributed by atoms with Crippen LogP contribution in [0.3, 0.4) is 0 Å². The van der Waals surface area contributed by atoms with E-state index in [1.165, 1.54) is 0 Å². The van der Waals surface area contributed by atoms with E-state index in [4.69, 9.17) is 16.8 Å². The van der Waals surface area contributed by atoms with Crippen molar-refractivity contribution in [3.63, 3.8) is 0 Å². The standard InChI is InChI=1S/C40H39ClN6O/c1-4-7-22-37-42-38(41)36(28-48)46(37)27-29-23-25-30(26-24-29)34-20-14-15-21-35(34)39-43-44-45-47(39)40(31(5-2)6-3,32-16-10-8-11-17-32)33-18-12-9-13-19-33/h5-6,8-21,23-26,48H,2,4,7,22,27-28H2,1,3H3/b31-6+. The SMILES string of the molecule is C=C/C(=C\C)C(c1ccccc1)(c1ccccc1)n1nnnc1-c1ccccc1-c1ccc(Cn2c(CCCC)nc(Cl)c2CO)cc1. The Morgan fingerprint density at radius 2 is 1.50 bits per heavy atom. The zero-order valence-corrected chi connectivity index (χ0v) is 28.1.